The van der Waals surface area contributed by atoms with E-state index < -0.39 is 23.5 Å². The highest BCUT2D eigenvalue weighted by atomic mass is 19.4. The Bertz CT molecular complexity index is 1130. The minimum Gasteiger partial charge on any atom is -0.493 e. The maximum absolute atomic E-state index is 13.0. The van der Waals surface area contributed by atoms with Crippen LogP contribution < -0.4 is 10.1 Å². The molecule has 0 aliphatic rings. The van der Waals surface area contributed by atoms with E-state index in [0.29, 0.717) is 30.8 Å². The van der Waals surface area contributed by atoms with Gasteiger partial charge in [0.15, 0.2) is 0 Å². The summed E-state index contributed by atoms with van der Waals surface area (Å²) < 4.78 is 83.4. The number of alkyl halides is 6. The van der Waals surface area contributed by atoms with Crippen molar-refractivity contribution in [1.82, 2.24) is 5.32 Å². The van der Waals surface area contributed by atoms with Crippen LogP contribution in [-0.2, 0) is 25.4 Å². The van der Waals surface area contributed by atoms with Gasteiger partial charge in [-0.3, -0.25) is 0 Å². The molecule has 3 aromatic carbocycles. The first kappa shape index (κ1) is 27.3. The highest BCUT2D eigenvalue weighted by molar-refractivity contribution is 5.53. The molecule has 3 aromatic rings. The number of ether oxygens (including phenoxy) is 1. The molecular weight excluding hydrogens is 480 g/mol. The zero-order chi connectivity index (χ0) is 26.3. The highest BCUT2D eigenvalue weighted by Crippen LogP contribution is 2.36. The smallest absolute Gasteiger partial charge is 0.416 e. The lowest BCUT2D eigenvalue weighted by molar-refractivity contribution is -0.143. The Labute approximate surface area is 206 Å². The van der Waals surface area contributed by atoms with E-state index >= 15 is 0 Å². The van der Waals surface area contributed by atoms with Crippen molar-refractivity contribution in [3.8, 4) is 5.75 Å². The standard InChI is InChI=1S/C28H27F6NO/c1-19-11-20(2)13-23(12-19)18-35-17-21-6-8-26(9-7-21)36-10-4-3-5-22-14-24(27(29,30)31)16-25(15-22)28(32,33)34/h3,5-9,11-16,35H,4,10,17-18H2,1-2H3/b5-3+. The predicted octanol–water partition coefficient (Wildman–Crippen LogP) is 8.11. The summed E-state index contributed by atoms with van der Waals surface area (Å²) in [5, 5.41) is 3.40. The van der Waals surface area contributed by atoms with E-state index in [9.17, 15) is 26.3 Å². The predicted molar refractivity (Wildman–Crippen MR) is 128 cm³/mol. The first-order valence-corrected chi connectivity index (χ1v) is 11.4. The number of rotatable bonds is 9. The Morgan fingerprint density at radius 3 is 1.83 bits per heavy atom. The minimum atomic E-state index is -4.87. The molecule has 0 saturated heterocycles. The summed E-state index contributed by atoms with van der Waals surface area (Å²) in [6, 6.07) is 15.4. The van der Waals surface area contributed by atoms with E-state index in [-0.39, 0.29) is 18.2 Å². The molecule has 0 radical (unpaired) electrons. The van der Waals surface area contributed by atoms with Crippen LogP contribution >= 0.6 is 0 Å². The van der Waals surface area contributed by atoms with E-state index in [1.807, 2.05) is 24.3 Å². The summed E-state index contributed by atoms with van der Waals surface area (Å²) >= 11 is 0. The largest absolute Gasteiger partial charge is 0.493 e. The van der Waals surface area contributed by atoms with E-state index in [0.717, 1.165) is 12.1 Å². The fraction of sp³-hybridized carbons (Fsp3) is 0.286. The molecule has 8 heteroatoms. The summed E-state index contributed by atoms with van der Waals surface area (Å²) in [6.07, 6.45) is -6.70. The number of benzene rings is 3. The molecule has 0 atom stereocenters. The molecule has 0 bridgehead atoms. The van der Waals surface area contributed by atoms with Gasteiger partial charge in [-0.25, -0.2) is 0 Å². The van der Waals surface area contributed by atoms with Gasteiger partial charge in [0.1, 0.15) is 5.75 Å². The highest BCUT2D eigenvalue weighted by Gasteiger charge is 2.36. The molecule has 0 heterocycles. The molecule has 36 heavy (non-hydrogen) atoms. The molecule has 1 N–H and O–H groups in total. The average Bonchev–Trinajstić information content (AvgIpc) is 2.78. The number of nitrogens with one attached hydrogen (secondary N) is 1. The van der Waals surface area contributed by atoms with Crippen molar-refractivity contribution in [2.24, 2.45) is 0 Å². The van der Waals surface area contributed by atoms with Gasteiger partial charge in [-0.05, 0) is 67.3 Å². The van der Waals surface area contributed by atoms with Gasteiger partial charge in [0, 0.05) is 13.1 Å². The van der Waals surface area contributed by atoms with Gasteiger partial charge < -0.3 is 10.1 Å². The van der Waals surface area contributed by atoms with Gasteiger partial charge in [0.2, 0.25) is 0 Å². The van der Waals surface area contributed by atoms with Crippen LogP contribution in [0.4, 0.5) is 26.3 Å². The molecule has 0 aliphatic heterocycles. The summed E-state index contributed by atoms with van der Waals surface area (Å²) in [6.45, 7) is 5.81. The maximum atomic E-state index is 13.0. The van der Waals surface area contributed by atoms with Crippen molar-refractivity contribution in [2.45, 2.75) is 45.7 Å². The SMILES string of the molecule is Cc1cc(C)cc(CNCc2ccc(OCC/C=C/c3cc(C(F)(F)F)cc(C(F)(F)F)c3)cc2)c1. The zero-order valence-electron chi connectivity index (χ0n) is 19.9. The van der Waals surface area contributed by atoms with Gasteiger partial charge >= 0.3 is 12.4 Å². The van der Waals surface area contributed by atoms with E-state index in [2.05, 4.69) is 37.4 Å². The number of aryl methyl sites for hydroxylation is 2. The second kappa shape index (κ2) is 11.6. The maximum Gasteiger partial charge on any atom is 0.416 e. The van der Waals surface area contributed by atoms with E-state index in [1.54, 1.807) is 0 Å². The normalized spacial score (nSPS) is 12.3. The van der Waals surface area contributed by atoms with Crippen LogP contribution in [0.1, 0.15) is 45.4 Å². The first-order valence-electron chi connectivity index (χ1n) is 11.4. The average molecular weight is 508 g/mol. The van der Waals surface area contributed by atoms with Crippen molar-refractivity contribution in [1.29, 1.82) is 0 Å². The summed E-state index contributed by atoms with van der Waals surface area (Å²) in [5.74, 6) is 0.625. The van der Waals surface area contributed by atoms with Gasteiger partial charge in [-0.15, -0.1) is 0 Å². The Morgan fingerprint density at radius 2 is 1.28 bits per heavy atom. The third-order valence-corrected chi connectivity index (χ3v) is 5.34. The quantitative estimate of drug-likeness (QED) is 0.233. The van der Waals surface area contributed by atoms with Crippen LogP contribution in [0, 0.1) is 13.8 Å². The van der Waals surface area contributed by atoms with Crippen molar-refractivity contribution in [2.75, 3.05) is 6.61 Å². The van der Waals surface area contributed by atoms with Crippen molar-refractivity contribution < 1.29 is 31.1 Å². The summed E-state index contributed by atoms with van der Waals surface area (Å²) in [4.78, 5) is 0. The third-order valence-electron chi connectivity index (χ3n) is 5.34. The first-order chi connectivity index (χ1) is 16.9. The second-order valence-corrected chi connectivity index (χ2v) is 8.62. The molecular formula is C28H27F6NO. The van der Waals surface area contributed by atoms with Crippen LogP contribution in [0.5, 0.6) is 5.75 Å². The molecule has 3 rings (SSSR count). The zero-order valence-corrected chi connectivity index (χ0v) is 19.9. The van der Waals surface area contributed by atoms with Crippen LogP contribution in [0.3, 0.4) is 0 Å². The number of hydrogen-bond acceptors (Lipinski definition) is 2. The molecule has 2 nitrogen and oxygen atoms in total. The van der Waals surface area contributed by atoms with Crippen LogP contribution in [0.15, 0.2) is 66.7 Å². The number of halogens is 6. The minimum absolute atomic E-state index is 0.114. The van der Waals surface area contributed by atoms with Crippen molar-refractivity contribution >= 4 is 6.08 Å². The van der Waals surface area contributed by atoms with Crippen LogP contribution in [0.25, 0.3) is 6.08 Å². The summed E-state index contributed by atoms with van der Waals surface area (Å²) in [5.41, 5.74) is 1.91. The Balaban J connectivity index is 1.48. The Morgan fingerprint density at radius 1 is 0.722 bits per heavy atom. The summed E-state index contributed by atoms with van der Waals surface area (Å²) in [7, 11) is 0. The Kier molecular flexibility index (Phi) is 8.84. The fourth-order valence-corrected chi connectivity index (χ4v) is 3.77. The lowest BCUT2D eigenvalue weighted by atomic mass is 10.0. The van der Waals surface area contributed by atoms with E-state index in [1.165, 1.54) is 28.8 Å². The van der Waals surface area contributed by atoms with Crippen LogP contribution in [-0.4, -0.2) is 6.61 Å². The van der Waals surface area contributed by atoms with Crippen molar-refractivity contribution in [3.63, 3.8) is 0 Å². The monoisotopic (exact) mass is 507 g/mol. The second-order valence-electron chi connectivity index (χ2n) is 8.62. The number of hydrogen-bond donors (Lipinski definition) is 1. The molecule has 0 unspecified atom stereocenters. The lowest BCUT2D eigenvalue weighted by Gasteiger charge is -2.13. The molecule has 0 aliphatic carbocycles. The van der Waals surface area contributed by atoms with Gasteiger partial charge in [-0.1, -0.05) is 53.6 Å². The third kappa shape index (κ3) is 8.45. The molecule has 0 fully saturated rings. The van der Waals surface area contributed by atoms with Gasteiger partial charge in [0.05, 0.1) is 17.7 Å². The molecule has 0 aromatic heterocycles. The topological polar surface area (TPSA) is 21.3 Å². The van der Waals surface area contributed by atoms with Crippen LogP contribution in [0.2, 0.25) is 0 Å². The van der Waals surface area contributed by atoms with Gasteiger partial charge in [-0.2, -0.15) is 26.3 Å². The van der Waals surface area contributed by atoms with Crippen molar-refractivity contribution in [3.05, 3.63) is 106 Å². The van der Waals surface area contributed by atoms with E-state index in [4.69, 9.17) is 4.74 Å². The molecule has 0 saturated carbocycles. The van der Waals surface area contributed by atoms with Gasteiger partial charge in [0.25, 0.3) is 0 Å². The molecule has 0 amide bonds. The fourth-order valence-electron chi connectivity index (χ4n) is 3.77. The molecule has 192 valence electrons. The lowest BCUT2D eigenvalue weighted by Crippen LogP contribution is -2.12. The Hall–Kier alpha value is -3.26. The molecule has 0 spiro atoms.